The van der Waals surface area contributed by atoms with Crippen LogP contribution in [0.3, 0.4) is 0 Å². The molecule has 1 heterocycles. The monoisotopic (exact) mass is 365 g/mol. The molecule has 0 saturated heterocycles. The van der Waals surface area contributed by atoms with Gasteiger partial charge in [-0.3, -0.25) is 0 Å². The Labute approximate surface area is 145 Å². The van der Waals surface area contributed by atoms with Gasteiger partial charge in [-0.15, -0.1) is 0 Å². The van der Waals surface area contributed by atoms with Gasteiger partial charge in [0.1, 0.15) is 0 Å². The number of nitrogens with two attached hydrogens (primary N) is 1. The summed E-state index contributed by atoms with van der Waals surface area (Å²) in [5.41, 5.74) is 5.98. The van der Waals surface area contributed by atoms with Crippen LogP contribution in [-0.2, 0) is 6.18 Å². The highest BCUT2D eigenvalue weighted by atomic mass is 35.5. The van der Waals surface area contributed by atoms with Gasteiger partial charge in [0.25, 0.3) is 0 Å². The van der Waals surface area contributed by atoms with Crippen molar-refractivity contribution in [1.82, 2.24) is 15.0 Å². The molecule has 3 N–H and O–H groups in total. The van der Waals surface area contributed by atoms with Gasteiger partial charge >= 0.3 is 6.18 Å². The first-order valence-electron chi connectivity index (χ1n) is 7.03. The van der Waals surface area contributed by atoms with Gasteiger partial charge in [0.05, 0.1) is 5.56 Å². The fraction of sp³-hybridized carbons (Fsp3) is 0.0625. The number of halogens is 4. The van der Waals surface area contributed by atoms with Crippen LogP contribution in [-0.4, -0.2) is 15.0 Å². The molecular formula is C16H11ClF3N5. The van der Waals surface area contributed by atoms with E-state index in [-0.39, 0.29) is 17.7 Å². The molecule has 0 aliphatic heterocycles. The molecule has 0 atom stereocenters. The zero-order chi connectivity index (χ0) is 18.0. The maximum Gasteiger partial charge on any atom is 0.416 e. The van der Waals surface area contributed by atoms with Gasteiger partial charge in [0, 0.05) is 16.3 Å². The van der Waals surface area contributed by atoms with Gasteiger partial charge in [-0.05, 0) is 36.4 Å². The van der Waals surface area contributed by atoms with E-state index < -0.39 is 11.7 Å². The second kappa shape index (κ2) is 6.56. The number of hydrogen-bond acceptors (Lipinski definition) is 5. The van der Waals surface area contributed by atoms with E-state index in [1.54, 1.807) is 24.3 Å². The highest BCUT2D eigenvalue weighted by molar-refractivity contribution is 6.30. The van der Waals surface area contributed by atoms with Crippen LogP contribution in [0, 0.1) is 0 Å². The van der Waals surface area contributed by atoms with Gasteiger partial charge in [-0.1, -0.05) is 23.7 Å². The van der Waals surface area contributed by atoms with Gasteiger partial charge < -0.3 is 11.1 Å². The quantitative estimate of drug-likeness (QED) is 0.712. The number of aromatic nitrogens is 3. The van der Waals surface area contributed by atoms with Crippen molar-refractivity contribution in [3.63, 3.8) is 0 Å². The van der Waals surface area contributed by atoms with Gasteiger partial charge in [-0.2, -0.15) is 28.1 Å². The molecule has 9 heteroatoms. The number of rotatable bonds is 3. The second-order valence-corrected chi connectivity index (χ2v) is 5.48. The Morgan fingerprint density at radius 1 is 0.880 bits per heavy atom. The van der Waals surface area contributed by atoms with Crippen LogP contribution >= 0.6 is 11.6 Å². The predicted molar refractivity (Wildman–Crippen MR) is 89.4 cm³/mol. The summed E-state index contributed by atoms with van der Waals surface area (Å²) in [7, 11) is 0. The van der Waals surface area contributed by atoms with E-state index in [1.165, 1.54) is 12.1 Å². The van der Waals surface area contributed by atoms with E-state index in [1.807, 2.05) is 0 Å². The van der Waals surface area contributed by atoms with Crippen molar-refractivity contribution in [2.75, 3.05) is 11.1 Å². The first kappa shape index (κ1) is 17.0. The van der Waals surface area contributed by atoms with Crippen LogP contribution in [0.25, 0.3) is 11.4 Å². The van der Waals surface area contributed by atoms with E-state index in [4.69, 9.17) is 17.3 Å². The van der Waals surface area contributed by atoms with Gasteiger partial charge in [0.2, 0.25) is 11.9 Å². The van der Waals surface area contributed by atoms with Crippen LogP contribution in [0.1, 0.15) is 5.56 Å². The van der Waals surface area contributed by atoms with Crippen LogP contribution < -0.4 is 11.1 Å². The smallest absolute Gasteiger partial charge is 0.368 e. The maximum atomic E-state index is 12.6. The number of nitrogens with one attached hydrogen (secondary N) is 1. The lowest BCUT2D eigenvalue weighted by Gasteiger charge is -2.09. The molecule has 0 spiro atoms. The van der Waals surface area contributed by atoms with Crippen molar-refractivity contribution in [2.45, 2.75) is 6.18 Å². The average Bonchev–Trinajstić information content (AvgIpc) is 2.56. The third-order valence-electron chi connectivity index (χ3n) is 3.22. The molecule has 128 valence electrons. The zero-order valence-corrected chi connectivity index (χ0v) is 13.3. The normalized spacial score (nSPS) is 11.4. The fourth-order valence-corrected chi connectivity index (χ4v) is 2.17. The summed E-state index contributed by atoms with van der Waals surface area (Å²) in [6, 6.07) is 11.3. The van der Waals surface area contributed by atoms with Crippen molar-refractivity contribution in [3.8, 4) is 11.4 Å². The Hall–Kier alpha value is -2.87. The van der Waals surface area contributed by atoms with E-state index in [2.05, 4.69) is 20.3 Å². The number of nitrogens with zero attached hydrogens (tertiary/aromatic N) is 3. The van der Waals surface area contributed by atoms with Crippen molar-refractivity contribution >= 4 is 29.2 Å². The molecule has 0 bridgehead atoms. The molecule has 0 amide bonds. The number of benzene rings is 2. The molecule has 0 aliphatic carbocycles. The molecule has 25 heavy (non-hydrogen) atoms. The summed E-state index contributed by atoms with van der Waals surface area (Å²) in [6.07, 6.45) is -4.40. The lowest BCUT2D eigenvalue weighted by Crippen LogP contribution is -2.06. The molecule has 0 radical (unpaired) electrons. The van der Waals surface area contributed by atoms with Crippen molar-refractivity contribution in [2.24, 2.45) is 0 Å². The molecule has 3 rings (SSSR count). The topological polar surface area (TPSA) is 76.7 Å². The highest BCUT2D eigenvalue weighted by Gasteiger charge is 2.30. The number of nitrogen functional groups attached to an aromatic ring is 1. The third-order valence-corrected chi connectivity index (χ3v) is 3.48. The Morgan fingerprint density at radius 3 is 2.12 bits per heavy atom. The molecule has 0 unspecified atom stereocenters. The molecule has 0 fully saturated rings. The van der Waals surface area contributed by atoms with E-state index >= 15 is 0 Å². The summed E-state index contributed by atoms with van der Waals surface area (Å²) >= 11 is 5.82. The minimum Gasteiger partial charge on any atom is -0.368 e. The SMILES string of the molecule is Nc1nc(Nc2ccc(Cl)cc2)nc(-c2ccc(C(F)(F)F)cc2)n1. The second-order valence-electron chi connectivity index (χ2n) is 5.05. The summed E-state index contributed by atoms with van der Waals surface area (Å²) in [4.78, 5) is 12.1. The highest BCUT2D eigenvalue weighted by Crippen LogP contribution is 2.30. The molecule has 1 aromatic heterocycles. The van der Waals surface area contributed by atoms with Crippen LogP contribution in [0.4, 0.5) is 30.8 Å². The van der Waals surface area contributed by atoms with E-state index in [0.29, 0.717) is 16.3 Å². The summed E-state index contributed by atoms with van der Waals surface area (Å²) in [5, 5.41) is 3.51. The minimum atomic E-state index is -4.40. The Balaban J connectivity index is 1.90. The zero-order valence-electron chi connectivity index (χ0n) is 12.5. The standard InChI is InChI=1S/C16H11ClF3N5/c17-11-5-7-12(8-6-11)22-15-24-13(23-14(21)25-15)9-1-3-10(4-2-9)16(18,19)20/h1-8H,(H3,21,22,23,24,25). The molecule has 0 aliphatic rings. The molecule has 5 nitrogen and oxygen atoms in total. The van der Waals surface area contributed by atoms with Crippen molar-refractivity contribution < 1.29 is 13.2 Å². The van der Waals surface area contributed by atoms with E-state index in [0.717, 1.165) is 12.1 Å². The number of hydrogen-bond donors (Lipinski definition) is 2. The van der Waals surface area contributed by atoms with Gasteiger partial charge in [0.15, 0.2) is 5.82 Å². The van der Waals surface area contributed by atoms with E-state index in [9.17, 15) is 13.2 Å². The summed E-state index contributed by atoms with van der Waals surface area (Å²) < 4.78 is 37.9. The van der Waals surface area contributed by atoms with Crippen LogP contribution in [0.5, 0.6) is 0 Å². The summed E-state index contributed by atoms with van der Waals surface area (Å²) in [5.74, 6) is 0.281. The Bertz CT molecular complexity index is 880. The first-order valence-corrected chi connectivity index (χ1v) is 7.41. The molecule has 3 aromatic rings. The van der Waals surface area contributed by atoms with Crippen LogP contribution in [0.15, 0.2) is 48.5 Å². The fourth-order valence-electron chi connectivity index (χ4n) is 2.05. The number of anilines is 3. The third kappa shape index (κ3) is 4.16. The predicted octanol–water partition coefficient (Wildman–Crippen LogP) is 4.54. The molecular weight excluding hydrogens is 355 g/mol. The first-order chi connectivity index (χ1) is 11.8. The number of alkyl halides is 3. The lowest BCUT2D eigenvalue weighted by atomic mass is 10.1. The summed E-state index contributed by atoms with van der Waals surface area (Å²) in [6.45, 7) is 0. The molecule has 2 aromatic carbocycles. The van der Waals surface area contributed by atoms with Crippen LogP contribution in [0.2, 0.25) is 5.02 Å². The van der Waals surface area contributed by atoms with Crippen molar-refractivity contribution in [3.05, 3.63) is 59.1 Å². The average molecular weight is 366 g/mol. The van der Waals surface area contributed by atoms with Gasteiger partial charge in [-0.25, -0.2) is 0 Å². The lowest BCUT2D eigenvalue weighted by molar-refractivity contribution is -0.137. The Morgan fingerprint density at radius 2 is 1.52 bits per heavy atom. The molecule has 0 saturated carbocycles. The largest absolute Gasteiger partial charge is 0.416 e. The van der Waals surface area contributed by atoms with Crippen molar-refractivity contribution in [1.29, 1.82) is 0 Å². The maximum absolute atomic E-state index is 12.6. The Kier molecular flexibility index (Phi) is 4.45. The minimum absolute atomic E-state index is 0.0543.